The van der Waals surface area contributed by atoms with Crippen molar-refractivity contribution < 1.29 is 4.79 Å². The van der Waals surface area contributed by atoms with E-state index < -0.39 is 22.7 Å². The lowest BCUT2D eigenvalue weighted by molar-refractivity contribution is -0.132. The van der Waals surface area contributed by atoms with Crippen LogP contribution in [-0.2, 0) is 4.79 Å². The zero-order valence-electron chi connectivity index (χ0n) is 11.0. The van der Waals surface area contributed by atoms with Crippen LogP contribution in [0.1, 0.15) is 33.1 Å². The number of rotatable bonds is 2. The molecule has 0 N–H and O–H groups in total. The summed E-state index contributed by atoms with van der Waals surface area (Å²) >= 11 is 0. The molecule has 0 heterocycles. The van der Waals surface area contributed by atoms with Gasteiger partial charge in [0.15, 0.2) is 10.8 Å². The first-order valence-corrected chi connectivity index (χ1v) is 6.16. The Labute approximate surface area is 112 Å². The van der Waals surface area contributed by atoms with E-state index in [4.69, 9.17) is 0 Å². The minimum atomic E-state index is -1.86. The number of hydrogen-bond acceptors (Lipinski definition) is 5. The zero-order valence-corrected chi connectivity index (χ0v) is 11.0. The molecule has 0 unspecified atom stereocenters. The summed E-state index contributed by atoms with van der Waals surface area (Å²) < 4.78 is 0. The van der Waals surface area contributed by atoms with Crippen LogP contribution in [0.15, 0.2) is 0 Å². The number of nitriles is 4. The van der Waals surface area contributed by atoms with Crippen LogP contribution in [0.25, 0.3) is 0 Å². The van der Waals surface area contributed by atoms with Crippen LogP contribution in [-0.4, -0.2) is 5.78 Å². The Kier molecular flexibility index (Phi) is 3.94. The highest BCUT2D eigenvalue weighted by Gasteiger charge is 2.64. The van der Waals surface area contributed by atoms with E-state index in [1.165, 1.54) is 0 Å². The Bertz CT molecular complexity index is 524. The first-order chi connectivity index (χ1) is 8.98. The van der Waals surface area contributed by atoms with Gasteiger partial charge in [0, 0.05) is 18.3 Å². The van der Waals surface area contributed by atoms with Crippen LogP contribution in [0.5, 0.6) is 0 Å². The first-order valence-electron chi connectivity index (χ1n) is 6.16. The monoisotopic (exact) mass is 254 g/mol. The molecule has 1 fully saturated rings. The van der Waals surface area contributed by atoms with Gasteiger partial charge in [-0.1, -0.05) is 20.3 Å². The van der Waals surface area contributed by atoms with E-state index in [2.05, 4.69) is 0 Å². The van der Waals surface area contributed by atoms with Gasteiger partial charge in [-0.15, -0.1) is 0 Å². The molecular formula is C14H14N4O. The van der Waals surface area contributed by atoms with Crippen molar-refractivity contribution >= 4 is 5.78 Å². The average Bonchev–Trinajstić information content (AvgIpc) is 2.43. The van der Waals surface area contributed by atoms with Crippen LogP contribution in [0.4, 0.5) is 0 Å². The summed E-state index contributed by atoms with van der Waals surface area (Å²) in [6.45, 7) is 3.53. The Hall–Kier alpha value is -2.37. The average molecular weight is 254 g/mol. The van der Waals surface area contributed by atoms with Gasteiger partial charge in [-0.05, 0) is 6.42 Å². The molecular weight excluding hydrogens is 240 g/mol. The van der Waals surface area contributed by atoms with E-state index >= 15 is 0 Å². The maximum atomic E-state index is 12.1. The summed E-state index contributed by atoms with van der Waals surface area (Å²) in [6, 6.07) is 7.23. The number of hydrogen-bond donors (Lipinski definition) is 0. The van der Waals surface area contributed by atoms with Gasteiger partial charge >= 0.3 is 0 Å². The number of carbonyl (C=O) groups excluding carboxylic acids is 1. The Morgan fingerprint density at radius 3 is 2.05 bits per heavy atom. The molecule has 0 aromatic carbocycles. The van der Waals surface area contributed by atoms with Gasteiger partial charge in [-0.3, -0.25) is 4.79 Å². The molecule has 96 valence electrons. The van der Waals surface area contributed by atoms with Gasteiger partial charge in [0.2, 0.25) is 0 Å². The van der Waals surface area contributed by atoms with E-state index in [-0.39, 0.29) is 12.2 Å². The molecule has 0 saturated heterocycles. The maximum Gasteiger partial charge on any atom is 0.182 e. The van der Waals surface area contributed by atoms with Crippen LogP contribution < -0.4 is 0 Å². The van der Waals surface area contributed by atoms with Crippen molar-refractivity contribution in [2.45, 2.75) is 33.1 Å². The lowest BCUT2D eigenvalue weighted by Gasteiger charge is -2.43. The maximum absolute atomic E-state index is 12.1. The quantitative estimate of drug-likeness (QED) is 0.748. The standard InChI is InChI=1S/C14H14N4O/c1-3-4-11-10(2)14(8-17,9-18)13(6-15,7-16)5-12(11)19/h10-11H,3-5H2,1-2H3/t10-,11+/m1/s1. The Balaban J connectivity index is 3.49. The second-order valence-electron chi connectivity index (χ2n) is 4.99. The van der Waals surface area contributed by atoms with E-state index in [9.17, 15) is 25.8 Å². The number of ketones is 1. The highest BCUT2D eigenvalue weighted by Crippen LogP contribution is 2.54. The normalized spacial score (nSPS) is 27.4. The van der Waals surface area contributed by atoms with Gasteiger partial charge in [-0.25, -0.2) is 0 Å². The molecule has 0 spiro atoms. The van der Waals surface area contributed by atoms with Crippen molar-refractivity contribution in [3.63, 3.8) is 0 Å². The van der Waals surface area contributed by atoms with Gasteiger partial charge in [0.25, 0.3) is 0 Å². The predicted octanol–water partition coefficient (Wildman–Crippen LogP) is 2.08. The molecule has 1 aliphatic rings. The fraction of sp³-hybridized carbons (Fsp3) is 0.643. The van der Waals surface area contributed by atoms with Crippen LogP contribution in [0.3, 0.4) is 0 Å². The second-order valence-corrected chi connectivity index (χ2v) is 4.99. The van der Waals surface area contributed by atoms with Crippen molar-refractivity contribution in [2.24, 2.45) is 22.7 Å². The molecule has 0 bridgehead atoms. The lowest BCUT2D eigenvalue weighted by atomic mass is 9.50. The smallest absolute Gasteiger partial charge is 0.182 e. The number of nitrogens with zero attached hydrogens (tertiary/aromatic N) is 4. The summed E-state index contributed by atoms with van der Waals surface area (Å²) in [5, 5.41) is 37.3. The topological polar surface area (TPSA) is 112 Å². The van der Waals surface area contributed by atoms with Gasteiger partial charge in [-0.2, -0.15) is 21.0 Å². The summed E-state index contributed by atoms with van der Waals surface area (Å²) in [7, 11) is 0. The summed E-state index contributed by atoms with van der Waals surface area (Å²) in [6.07, 6.45) is 0.980. The summed E-state index contributed by atoms with van der Waals surface area (Å²) in [4.78, 5) is 12.1. The molecule has 1 rings (SSSR count). The first kappa shape index (κ1) is 14.7. The van der Waals surface area contributed by atoms with E-state index in [0.29, 0.717) is 6.42 Å². The molecule has 5 heteroatoms. The second kappa shape index (κ2) is 5.09. The minimum Gasteiger partial charge on any atom is -0.299 e. The number of carbonyl (C=O) groups is 1. The molecule has 0 amide bonds. The van der Waals surface area contributed by atoms with E-state index in [0.717, 1.165) is 6.42 Å². The van der Waals surface area contributed by atoms with Crippen molar-refractivity contribution in [3.05, 3.63) is 0 Å². The number of Topliss-reactive ketones (excluding diaryl/α,β-unsaturated/α-hetero) is 1. The third-order valence-electron chi connectivity index (χ3n) is 4.15. The van der Waals surface area contributed by atoms with Crippen molar-refractivity contribution in [3.8, 4) is 24.3 Å². The summed E-state index contributed by atoms with van der Waals surface area (Å²) in [5.74, 6) is -1.25. The Morgan fingerprint density at radius 1 is 1.16 bits per heavy atom. The molecule has 0 radical (unpaired) electrons. The molecule has 0 aromatic rings. The molecule has 19 heavy (non-hydrogen) atoms. The van der Waals surface area contributed by atoms with Crippen molar-refractivity contribution in [1.29, 1.82) is 21.0 Å². The lowest BCUT2D eigenvalue weighted by Crippen LogP contribution is -2.53. The van der Waals surface area contributed by atoms with Crippen LogP contribution in [0, 0.1) is 68.0 Å². The summed E-state index contributed by atoms with van der Waals surface area (Å²) in [5.41, 5.74) is -3.61. The van der Waals surface area contributed by atoms with Crippen molar-refractivity contribution in [1.82, 2.24) is 0 Å². The van der Waals surface area contributed by atoms with Crippen LogP contribution in [0.2, 0.25) is 0 Å². The van der Waals surface area contributed by atoms with Gasteiger partial charge in [0.05, 0.1) is 24.3 Å². The largest absolute Gasteiger partial charge is 0.299 e. The zero-order chi connectivity index (χ0) is 14.7. The highest BCUT2D eigenvalue weighted by molar-refractivity contribution is 5.85. The predicted molar refractivity (Wildman–Crippen MR) is 64.5 cm³/mol. The third kappa shape index (κ3) is 1.76. The highest BCUT2D eigenvalue weighted by atomic mass is 16.1. The van der Waals surface area contributed by atoms with E-state index in [1.807, 2.05) is 19.1 Å². The van der Waals surface area contributed by atoms with E-state index in [1.54, 1.807) is 19.1 Å². The minimum absolute atomic E-state index is 0.196. The Morgan fingerprint density at radius 2 is 1.68 bits per heavy atom. The molecule has 2 atom stereocenters. The molecule has 1 saturated carbocycles. The molecule has 1 aliphatic carbocycles. The molecule has 0 aliphatic heterocycles. The molecule has 0 aromatic heterocycles. The van der Waals surface area contributed by atoms with Gasteiger partial charge in [0.1, 0.15) is 5.78 Å². The molecule has 5 nitrogen and oxygen atoms in total. The third-order valence-corrected chi connectivity index (χ3v) is 4.15. The van der Waals surface area contributed by atoms with Crippen molar-refractivity contribution in [2.75, 3.05) is 0 Å². The SMILES string of the molecule is CCC[C@@H]1C(=O)CC(C#N)(C#N)C(C#N)(C#N)[C@@H]1C. The fourth-order valence-corrected chi connectivity index (χ4v) is 2.92. The van der Waals surface area contributed by atoms with Gasteiger partial charge < -0.3 is 0 Å². The fourth-order valence-electron chi connectivity index (χ4n) is 2.92. The van der Waals surface area contributed by atoms with Crippen LogP contribution >= 0.6 is 0 Å².